The van der Waals surface area contributed by atoms with Crippen LogP contribution in [0, 0.1) is 11.3 Å². The predicted octanol–water partition coefficient (Wildman–Crippen LogP) is 3.96. The second kappa shape index (κ2) is 6.13. The molecule has 1 aliphatic rings. The van der Waals surface area contributed by atoms with E-state index in [1.165, 1.54) is 24.8 Å². The first-order valence-electron chi connectivity index (χ1n) is 7.73. The van der Waals surface area contributed by atoms with Gasteiger partial charge in [-0.3, -0.25) is 4.98 Å². The highest BCUT2D eigenvalue weighted by molar-refractivity contribution is 5.27. The molecule has 112 valence electrons. The molecule has 0 bridgehead atoms. The average Bonchev–Trinajstić information content (AvgIpc) is 2.70. The lowest BCUT2D eigenvalue weighted by Crippen LogP contribution is -2.32. The van der Waals surface area contributed by atoms with E-state index in [0.29, 0.717) is 17.4 Å². The molecule has 0 aromatic carbocycles. The van der Waals surface area contributed by atoms with E-state index in [1.807, 2.05) is 20.0 Å². The van der Waals surface area contributed by atoms with Gasteiger partial charge in [0.1, 0.15) is 5.75 Å². The van der Waals surface area contributed by atoms with Crippen molar-refractivity contribution in [3.05, 3.63) is 24.0 Å². The fourth-order valence-electron chi connectivity index (χ4n) is 3.51. The van der Waals surface area contributed by atoms with Crippen LogP contribution in [0.25, 0.3) is 0 Å². The fraction of sp³-hybridized carbons (Fsp3) is 0.706. The molecule has 0 saturated heterocycles. The van der Waals surface area contributed by atoms with Gasteiger partial charge in [-0.1, -0.05) is 20.3 Å². The first-order chi connectivity index (χ1) is 9.44. The van der Waals surface area contributed by atoms with Gasteiger partial charge in [-0.2, -0.15) is 0 Å². The number of nitrogens with zero attached hydrogens (tertiary/aromatic N) is 1. The smallest absolute Gasteiger partial charge is 0.138 e. The molecule has 1 aliphatic carbocycles. The van der Waals surface area contributed by atoms with Crippen molar-refractivity contribution in [3.8, 4) is 5.75 Å². The molecule has 3 nitrogen and oxygen atoms in total. The second-order valence-corrected chi connectivity index (χ2v) is 6.87. The van der Waals surface area contributed by atoms with Crippen molar-refractivity contribution in [1.82, 2.24) is 10.3 Å². The van der Waals surface area contributed by atoms with Crippen molar-refractivity contribution in [3.63, 3.8) is 0 Å². The topological polar surface area (TPSA) is 34.2 Å². The van der Waals surface area contributed by atoms with E-state index < -0.39 is 0 Å². The van der Waals surface area contributed by atoms with Crippen LogP contribution in [-0.2, 0) is 0 Å². The van der Waals surface area contributed by atoms with Gasteiger partial charge in [-0.25, -0.2) is 0 Å². The molecule has 2 atom stereocenters. The average molecular weight is 276 g/mol. The zero-order valence-electron chi connectivity index (χ0n) is 13.4. The van der Waals surface area contributed by atoms with Crippen LogP contribution in [0.5, 0.6) is 5.75 Å². The Kier molecular flexibility index (Phi) is 4.69. The predicted molar refractivity (Wildman–Crippen MR) is 82.9 cm³/mol. The number of pyridine rings is 1. The lowest BCUT2D eigenvalue weighted by molar-refractivity contribution is 0.202. The van der Waals surface area contributed by atoms with Crippen LogP contribution in [-0.4, -0.2) is 18.1 Å². The Balaban J connectivity index is 2.23. The molecular weight excluding hydrogens is 248 g/mol. The maximum absolute atomic E-state index is 5.77. The Morgan fingerprint density at radius 2 is 2.10 bits per heavy atom. The van der Waals surface area contributed by atoms with Crippen molar-refractivity contribution in [2.75, 3.05) is 7.05 Å². The van der Waals surface area contributed by atoms with E-state index in [2.05, 4.69) is 37.3 Å². The normalized spacial score (nSPS) is 23.0. The highest BCUT2D eigenvalue weighted by Crippen LogP contribution is 2.48. The Morgan fingerprint density at radius 3 is 2.65 bits per heavy atom. The molecule has 1 aromatic heterocycles. The van der Waals surface area contributed by atoms with E-state index >= 15 is 0 Å². The zero-order valence-corrected chi connectivity index (χ0v) is 13.4. The van der Waals surface area contributed by atoms with Crippen molar-refractivity contribution >= 4 is 0 Å². The lowest BCUT2D eigenvalue weighted by Gasteiger charge is -2.34. The van der Waals surface area contributed by atoms with Gasteiger partial charge < -0.3 is 10.1 Å². The lowest BCUT2D eigenvalue weighted by atomic mass is 9.76. The highest BCUT2D eigenvalue weighted by atomic mass is 16.5. The molecule has 0 radical (unpaired) electrons. The Morgan fingerprint density at radius 1 is 1.35 bits per heavy atom. The Hall–Kier alpha value is -1.09. The van der Waals surface area contributed by atoms with Crippen LogP contribution in [0.2, 0.25) is 0 Å². The molecule has 3 heteroatoms. The van der Waals surface area contributed by atoms with E-state index in [9.17, 15) is 0 Å². The molecule has 1 saturated carbocycles. The van der Waals surface area contributed by atoms with E-state index in [1.54, 1.807) is 6.20 Å². The minimum Gasteiger partial charge on any atom is -0.489 e. The maximum Gasteiger partial charge on any atom is 0.138 e. The van der Waals surface area contributed by atoms with Gasteiger partial charge in [-0.05, 0) is 56.7 Å². The third kappa shape index (κ3) is 3.32. The summed E-state index contributed by atoms with van der Waals surface area (Å²) in [6, 6.07) is 2.50. The van der Waals surface area contributed by atoms with Crippen LogP contribution < -0.4 is 10.1 Å². The SMILES string of the molecule is CNC(c1cncc(OC(C)C)c1)C1CCCC1(C)C. The molecule has 1 N–H and O–H groups in total. The van der Waals surface area contributed by atoms with Crippen molar-refractivity contribution < 1.29 is 4.74 Å². The van der Waals surface area contributed by atoms with Gasteiger partial charge in [0.25, 0.3) is 0 Å². The van der Waals surface area contributed by atoms with Crippen LogP contribution in [0.15, 0.2) is 18.5 Å². The molecule has 1 aromatic rings. The van der Waals surface area contributed by atoms with Crippen LogP contribution in [0.1, 0.15) is 58.6 Å². The summed E-state index contributed by atoms with van der Waals surface area (Å²) in [4.78, 5) is 4.36. The van der Waals surface area contributed by atoms with Crippen LogP contribution >= 0.6 is 0 Å². The largest absolute Gasteiger partial charge is 0.489 e. The van der Waals surface area contributed by atoms with Gasteiger partial charge in [0, 0.05) is 12.2 Å². The fourth-order valence-corrected chi connectivity index (χ4v) is 3.51. The van der Waals surface area contributed by atoms with Crippen LogP contribution in [0.3, 0.4) is 0 Å². The zero-order chi connectivity index (χ0) is 14.8. The first-order valence-corrected chi connectivity index (χ1v) is 7.73. The summed E-state index contributed by atoms with van der Waals surface area (Å²) >= 11 is 0. The standard InChI is InChI=1S/C17H28N2O/c1-12(2)20-14-9-13(10-19-11-14)16(18-5)15-7-6-8-17(15,3)4/h9-12,15-16,18H,6-8H2,1-5H3. The third-order valence-electron chi connectivity index (χ3n) is 4.52. The molecule has 0 amide bonds. The summed E-state index contributed by atoms with van der Waals surface area (Å²) < 4.78 is 5.77. The summed E-state index contributed by atoms with van der Waals surface area (Å²) in [5, 5.41) is 3.50. The monoisotopic (exact) mass is 276 g/mol. The van der Waals surface area contributed by atoms with Crippen LogP contribution in [0.4, 0.5) is 0 Å². The Bertz CT molecular complexity index is 442. The molecular formula is C17H28N2O. The van der Waals surface area contributed by atoms with E-state index in [4.69, 9.17) is 4.74 Å². The number of nitrogens with one attached hydrogen (secondary N) is 1. The third-order valence-corrected chi connectivity index (χ3v) is 4.52. The molecule has 0 spiro atoms. The van der Waals surface area contributed by atoms with E-state index in [0.717, 1.165) is 5.75 Å². The number of aromatic nitrogens is 1. The van der Waals surface area contributed by atoms with Gasteiger partial charge in [-0.15, -0.1) is 0 Å². The minimum atomic E-state index is 0.183. The number of hydrogen-bond acceptors (Lipinski definition) is 3. The summed E-state index contributed by atoms with van der Waals surface area (Å²) in [6.07, 6.45) is 7.88. The summed E-state index contributed by atoms with van der Waals surface area (Å²) in [5.41, 5.74) is 1.63. The molecule has 2 rings (SSSR count). The van der Waals surface area contributed by atoms with E-state index in [-0.39, 0.29) is 6.10 Å². The van der Waals surface area contributed by atoms with Gasteiger partial charge in [0.15, 0.2) is 0 Å². The van der Waals surface area contributed by atoms with Gasteiger partial charge in [0.05, 0.1) is 12.3 Å². The number of rotatable bonds is 5. The molecule has 20 heavy (non-hydrogen) atoms. The molecule has 0 aliphatic heterocycles. The molecule has 2 unspecified atom stereocenters. The maximum atomic E-state index is 5.77. The highest BCUT2D eigenvalue weighted by Gasteiger charge is 2.39. The first kappa shape index (κ1) is 15.3. The van der Waals surface area contributed by atoms with Crippen molar-refractivity contribution in [1.29, 1.82) is 0 Å². The second-order valence-electron chi connectivity index (χ2n) is 6.87. The number of ether oxygens (including phenoxy) is 1. The minimum absolute atomic E-state index is 0.183. The summed E-state index contributed by atoms with van der Waals surface area (Å²) in [6.45, 7) is 8.86. The van der Waals surface area contributed by atoms with Gasteiger partial charge in [0.2, 0.25) is 0 Å². The summed E-state index contributed by atoms with van der Waals surface area (Å²) in [7, 11) is 2.05. The number of hydrogen-bond donors (Lipinski definition) is 1. The van der Waals surface area contributed by atoms with Crippen molar-refractivity contribution in [2.45, 2.75) is 59.1 Å². The van der Waals surface area contributed by atoms with Crippen molar-refractivity contribution in [2.24, 2.45) is 11.3 Å². The van der Waals surface area contributed by atoms with Gasteiger partial charge >= 0.3 is 0 Å². The quantitative estimate of drug-likeness (QED) is 0.884. The molecule has 1 fully saturated rings. The summed E-state index contributed by atoms with van der Waals surface area (Å²) in [5.74, 6) is 1.53. The Labute approximate surface area is 123 Å². The molecule has 1 heterocycles.